The maximum Gasteiger partial charge on any atom is 0.250 e. The van der Waals surface area contributed by atoms with Gasteiger partial charge in [-0.2, -0.15) is 0 Å². The molecule has 1 heterocycles. The molecule has 0 aliphatic heterocycles. The van der Waals surface area contributed by atoms with Crippen molar-refractivity contribution >= 4 is 5.91 Å². The molecular weight excluding hydrogens is 244 g/mol. The number of hydrogen-bond donors (Lipinski definition) is 2. The molecule has 0 radical (unpaired) electrons. The number of aliphatic hydroxyl groups is 1. The summed E-state index contributed by atoms with van der Waals surface area (Å²) in [7, 11) is 0. The highest BCUT2D eigenvalue weighted by Gasteiger charge is 2.38. The van der Waals surface area contributed by atoms with E-state index < -0.39 is 0 Å². The van der Waals surface area contributed by atoms with Crippen LogP contribution in [0.15, 0.2) is 29.2 Å². The molecule has 1 aromatic rings. The summed E-state index contributed by atoms with van der Waals surface area (Å²) >= 11 is 0. The Balaban J connectivity index is 1.99. The molecule has 2 atom stereocenters. The number of nitrogens with one attached hydrogen (secondary N) is 1. The topological polar surface area (TPSA) is 71.3 Å². The smallest absolute Gasteiger partial charge is 0.250 e. The van der Waals surface area contributed by atoms with Gasteiger partial charge in [-0.3, -0.25) is 9.59 Å². The molecule has 5 nitrogen and oxygen atoms in total. The number of hydrogen-bond acceptors (Lipinski definition) is 3. The van der Waals surface area contributed by atoms with Crippen LogP contribution in [0, 0.1) is 5.41 Å². The van der Waals surface area contributed by atoms with Crippen LogP contribution >= 0.6 is 0 Å². The first-order valence-corrected chi connectivity index (χ1v) is 6.61. The Morgan fingerprint density at radius 3 is 3.05 bits per heavy atom. The van der Waals surface area contributed by atoms with Crippen molar-refractivity contribution in [3.63, 3.8) is 0 Å². The highest BCUT2D eigenvalue weighted by Crippen LogP contribution is 2.37. The average molecular weight is 264 g/mol. The minimum atomic E-state index is -0.239. The fourth-order valence-electron chi connectivity index (χ4n) is 2.65. The van der Waals surface area contributed by atoms with Crippen molar-refractivity contribution in [1.29, 1.82) is 0 Å². The summed E-state index contributed by atoms with van der Waals surface area (Å²) < 4.78 is 1.38. The number of aliphatic hydroxyl groups excluding tert-OH is 1. The molecule has 104 valence electrons. The number of nitrogens with zero attached hydrogens (tertiary/aromatic N) is 1. The summed E-state index contributed by atoms with van der Waals surface area (Å²) in [6.45, 7) is 2.08. The molecule has 1 aliphatic rings. The first-order chi connectivity index (χ1) is 9.05. The molecule has 1 fully saturated rings. The van der Waals surface area contributed by atoms with Gasteiger partial charge in [0.2, 0.25) is 5.91 Å². The number of pyridine rings is 1. The lowest BCUT2D eigenvalue weighted by atomic mass is 9.86. The molecular formula is C14H20N2O3. The zero-order valence-electron chi connectivity index (χ0n) is 11.1. The van der Waals surface area contributed by atoms with Crippen LogP contribution in [0.1, 0.15) is 26.2 Å². The monoisotopic (exact) mass is 264 g/mol. The van der Waals surface area contributed by atoms with Crippen LogP contribution in [0.3, 0.4) is 0 Å². The van der Waals surface area contributed by atoms with Gasteiger partial charge in [0, 0.05) is 23.7 Å². The van der Waals surface area contributed by atoms with Gasteiger partial charge in [0.25, 0.3) is 5.56 Å². The molecule has 0 aromatic carbocycles. The molecule has 1 aliphatic carbocycles. The Morgan fingerprint density at radius 1 is 1.58 bits per heavy atom. The van der Waals surface area contributed by atoms with Gasteiger partial charge in [-0.15, -0.1) is 0 Å². The van der Waals surface area contributed by atoms with Gasteiger partial charge < -0.3 is 15.0 Å². The van der Waals surface area contributed by atoms with Gasteiger partial charge >= 0.3 is 0 Å². The van der Waals surface area contributed by atoms with Crippen molar-refractivity contribution in [3.05, 3.63) is 34.7 Å². The predicted molar refractivity (Wildman–Crippen MR) is 71.7 cm³/mol. The van der Waals surface area contributed by atoms with Crippen LogP contribution in [0.5, 0.6) is 0 Å². The molecule has 1 saturated carbocycles. The number of carbonyl (C=O) groups is 1. The number of rotatable bonds is 4. The highest BCUT2D eigenvalue weighted by molar-refractivity contribution is 5.76. The van der Waals surface area contributed by atoms with Crippen molar-refractivity contribution in [3.8, 4) is 0 Å². The van der Waals surface area contributed by atoms with E-state index in [1.807, 2.05) is 6.92 Å². The summed E-state index contributed by atoms with van der Waals surface area (Å²) in [6.07, 6.45) is 4.40. The third-order valence-corrected chi connectivity index (χ3v) is 3.99. The van der Waals surface area contributed by atoms with Crippen molar-refractivity contribution in [2.24, 2.45) is 5.41 Å². The van der Waals surface area contributed by atoms with E-state index >= 15 is 0 Å². The predicted octanol–water partition coefficient (Wildman–Crippen LogP) is 0.516. The molecule has 2 unspecified atom stereocenters. The SMILES string of the molecule is CC1(CO)CCCC1NC(=O)Cn1ccccc1=O. The number of carbonyl (C=O) groups excluding carboxylic acids is 1. The highest BCUT2D eigenvalue weighted by atomic mass is 16.3. The fraction of sp³-hybridized carbons (Fsp3) is 0.571. The second-order valence-corrected chi connectivity index (χ2v) is 5.49. The van der Waals surface area contributed by atoms with Gasteiger partial charge in [0.05, 0.1) is 6.61 Å². The van der Waals surface area contributed by atoms with E-state index in [4.69, 9.17) is 0 Å². The van der Waals surface area contributed by atoms with Crippen LogP contribution < -0.4 is 10.9 Å². The molecule has 0 bridgehead atoms. The van der Waals surface area contributed by atoms with Crippen LogP contribution in [-0.4, -0.2) is 28.2 Å². The van der Waals surface area contributed by atoms with Gasteiger partial charge in [0.15, 0.2) is 0 Å². The number of aromatic nitrogens is 1. The Kier molecular flexibility index (Phi) is 4.04. The van der Waals surface area contributed by atoms with Gasteiger partial charge in [-0.25, -0.2) is 0 Å². The zero-order chi connectivity index (χ0) is 13.9. The largest absolute Gasteiger partial charge is 0.396 e. The lowest BCUT2D eigenvalue weighted by Gasteiger charge is -2.30. The lowest BCUT2D eigenvalue weighted by Crippen LogP contribution is -2.46. The van der Waals surface area contributed by atoms with Crippen LogP contribution in [0.2, 0.25) is 0 Å². The first kappa shape index (κ1) is 13.8. The van der Waals surface area contributed by atoms with E-state index in [-0.39, 0.29) is 36.1 Å². The summed E-state index contributed by atoms with van der Waals surface area (Å²) in [5, 5.41) is 12.4. The third-order valence-electron chi connectivity index (χ3n) is 3.99. The Hall–Kier alpha value is -1.62. The normalized spacial score (nSPS) is 26.3. The lowest BCUT2D eigenvalue weighted by molar-refractivity contribution is -0.123. The van der Waals surface area contributed by atoms with E-state index in [2.05, 4.69) is 5.32 Å². The van der Waals surface area contributed by atoms with Gasteiger partial charge in [-0.1, -0.05) is 19.4 Å². The minimum Gasteiger partial charge on any atom is -0.396 e. The first-order valence-electron chi connectivity index (χ1n) is 6.61. The van der Waals surface area contributed by atoms with Crippen molar-refractivity contribution in [2.45, 2.75) is 38.8 Å². The van der Waals surface area contributed by atoms with Crippen molar-refractivity contribution in [1.82, 2.24) is 9.88 Å². The Morgan fingerprint density at radius 2 is 2.37 bits per heavy atom. The maximum absolute atomic E-state index is 12.0. The summed E-state index contributed by atoms with van der Waals surface area (Å²) in [6, 6.07) is 4.80. The summed E-state index contributed by atoms with van der Waals surface area (Å²) in [5.74, 6) is -0.181. The zero-order valence-corrected chi connectivity index (χ0v) is 11.1. The molecule has 0 saturated heterocycles. The fourth-order valence-corrected chi connectivity index (χ4v) is 2.65. The molecule has 5 heteroatoms. The van der Waals surface area contributed by atoms with Crippen molar-refractivity contribution in [2.75, 3.05) is 6.61 Å². The van der Waals surface area contributed by atoms with Gasteiger partial charge in [-0.05, 0) is 18.9 Å². The average Bonchev–Trinajstić information content (AvgIpc) is 2.75. The second-order valence-electron chi connectivity index (χ2n) is 5.49. The van der Waals surface area contributed by atoms with Crippen LogP contribution in [0.25, 0.3) is 0 Å². The van der Waals surface area contributed by atoms with E-state index in [9.17, 15) is 14.7 Å². The van der Waals surface area contributed by atoms with Crippen molar-refractivity contribution < 1.29 is 9.90 Å². The third kappa shape index (κ3) is 3.04. The summed E-state index contributed by atoms with van der Waals surface area (Å²) in [5.41, 5.74) is -0.425. The van der Waals surface area contributed by atoms with E-state index in [0.29, 0.717) is 0 Å². The summed E-state index contributed by atoms with van der Waals surface area (Å²) in [4.78, 5) is 23.5. The molecule has 2 rings (SSSR count). The van der Waals surface area contributed by atoms with Crippen LogP contribution in [0.4, 0.5) is 0 Å². The maximum atomic E-state index is 12.0. The van der Waals surface area contributed by atoms with Gasteiger partial charge in [0.1, 0.15) is 6.54 Å². The van der Waals surface area contributed by atoms with Crippen LogP contribution in [-0.2, 0) is 11.3 Å². The second kappa shape index (κ2) is 5.57. The Labute approximate surface area is 112 Å². The molecule has 2 N–H and O–H groups in total. The van der Waals surface area contributed by atoms with E-state index in [1.165, 1.54) is 10.6 Å². The molecule has 19 heavy (non-hydrogen) atoms. The van der Waals surface area contributed by atoms with E-state index in [1.54, 1.807) is 18.3 Å². The molecule has 1 aromatic heterocycles. The molecule has 1 amide bonds. The van der Waals surface area contributed by atoms with E-state index in [0.717, 1.165) is 19.3 Å². The Bertz CT molecular complexity index is 511. The number of amides is 1. The quantitative estimate of drug-likeness (QED) is 0.832. The standard InChI is InChI=1S/C14H20N2O3/c1-14(10-17)7-4-5-11(14)15-12(18)9-16-8-3-2-6-13(16)19/h2-3,6,8,11,17H,4-5,7,9-10H2,1H3,(H,15,18). The minimum absolute atomic E-state index is 0.00980. The molecule has 0 spiro atoms.